The quantitative estimate of drug-likeness (QED) is 0.646. The fourth-order valence-corrected chi connectivity index (χ4v) is 5.04. The summed E-state index contributed by atoms with van der Waals surface area (Å²) in [6.07, 6.45) is 2.74. The first-order valence-electron chi connectivity index (χ1n) is 10.2. The first-order valence-corrected chi connectivity index (χ1v) is 11.6. The van der Waals surface area contributed by atoms with Gasteiger partial charge in [-0.15, -0.1) is 6.58 Å². The molecule has 0 aromatic heterocycles. The average molecular weight is 442 g/mol. The number of rotatable bonds is 7. The SMILES string of the molecule is C=CCNC(=O)c1ccccc1NC(=O)[C@H]1CCCN(S(=O)(=O)c2ccc(C)cc2)C1. The molecule has 2 aromatic rings. The van der Waals surface area contributed by atoms with Gasteiger partial charge in [0.1, 0.15) is 0 Å². The second-order valence-electron chi connectivity index (χ2n) is 7.55. The van der Waals surface area contributed by atoms with Crippen LogP contribution in [-0.2, 0) is 14.8 Å². The molecule has 1 heterocycles. The highest BCUT2D eigenvalue weighted by Gasteiger charge is 2.33. The minimum absolute atomic E-state index is 0.104. The van der Waals surface area contributed by atoms with Gasteiger partial charge in [0.25, 0.3) is 5.91 Å². The Kier molecular flexibility index (Phi) is 7.25. The maximum Gasteiger partial charge on any atom is 0.253 e. The molecule has 31 heavy (non-hydrogen) atoms. The van der Waals surface area contributed by atoms with Gasteiger partial charge in [-0.2, -0.15) is 4.31 Å². The van der Waals surface area contributed by atoms with Crippen molar-refractivity contribution in [1.29, 1.82) is 0 Å². The molecule has 2 N–H and O–H groups in total. The molecule has 0 aliphatic carbocycles. The third-order valence-electron chi connectivity index (χ3n) is 5.25. The number of amides is 2. The summed E-state index contributed by atoms with van der Waals surface area (Å²) in [4.78, 5) is 25.5. The van der Waals surface area contributed by atoms with E-state index in [0.717, 1.165) is 5.56 Å². The third kappa shape index (κ3) is 5.39. The van der Waals surface area contributed by atoms with Crippen LogP contribution in [0.25, 0.3) is 0 Å². The molecule has 8 heteroatoms. The largest absolute Gasteiger partial charge is 0.349 e. The van der Waals surface area contributed by atoms with Crippen LogP contribution >= 0.6 is 0 Å². The highest BCUT2D eigenvalue weighted by molar-refractivity contribution is 7.89. The van der Waals surface area contributed by atoms with Crippen molar-refractivity contribution in [3.63, 3.8) is 0 Å². The van der Waals surface area contributed by atoms with E-state index in [0.29, 0.717) is 37.2 Å². The molecule has 2 aromatic carbocycles. The van der Waals surface area contributed by atoms with Crippen LogP contribution in [0.5, 0.6) is 0 Å². The number of benzene rings is 2. The van der Waals surface area contributed by atoms with E-state index >= 15 is 0 Å². The van der Waals surface area contributed by atoms with Crippen LogP contribution in [0.3, 0.4) is 0 Å². The Labute approximate surface area is 183 Å². The van der Waals surface area contributed by atoms with Crippen LogP contribution in [0.2, 0.25) is 0 Å². The number of nitrogens with one attached hydrogen (secondary N) is 2. The van der Waals surface area contributed by atoms with Crippen molar-refractivity contribution in [3.8, 4) is 0 Å². The molecular weight excluding hydrogens is 414 g/mol. The molecule has 1 fully saturated rings. The van der Waals surface area contributed by atoms with Crippen molar-refractivity contribution >= 4 is 27.5 Å². The van der Waals surface area contributed by atoms with E-state index in [1.165, 1.54) is 4.31 Å². The summed E-state index contributed by atoms with van der Waals surface area (Å²) in [7, 11) is -3.67. The minimum atomic E-state index is -3.67. The zero-order valence-corrected chi connectivity index (χ0v) is 18.3. The summed E-state index contributed by atoms with van der Waals surface area (Å²) < 4.78 is 27.4. The maximum absolute atomic E-state index is 13.0. The first-order chi connectivity index (χ1) is 14.8. The summed E-state index contributed by atoms with van der Waals surface area (Å²) in [6, 6.07) is 13.4. The normalized spacial score (nSPS) is 17.0. The van der Waals surface area contributed by atoms with Gasteiger partial charge in [0, 0.05) is 19.6 Å². The number of piperidine rings is 1. The lowest BCUT2D eigenvalue weighted by molar-refractivity contribution is -0.120. The molecular formula is C23H27N3O4S. The van der Waals surface area contributed by atoms with Gasteiger partial charge >= 0.3 is 0 Å². The monoisotopic (exact) mass is 441 g/mol. The van der Waals surface area contributed by atoms with E-state index in [1.807, 2.05) is 6.92 Å². The summed E-state index contributed by atoms with van der Waals surface area (Å²) in [5.74, 6) is -1.12. The van der Waals surface area contributed by atoms with Crippen molar-refractivity contribution < 1.29 is 18.0 Å². The van der Waals surface area contributed by atoms with Crippen LogP contribution in [-0.4, -0.2) is 44.2 Å². The summed E-state index contributed by atoms with van der Waals surface area (Å²) in [6.45, 7) is 6.26. The molecule has 0 unspecified atom stereocenters. The molecule has 0 spiro atoms. The van der Waals surface area contributed by atoms with Crippen LogP contribution in [0.1, 0.15) is 28.8 Å². The summed E-state index contributed by atoms with van der Waals surface area (Å²) in [5.41, 5.74) is 1.72. The van der Waals surface area contributed by atoms with Crippen molar-refractivity contribution in [3.05, 3.63) is 72.3 Å². The first kappa shape index (κ1) is 22.7. The molecule has 0 radical (unpaired) electrons. The standard InChI is InChI=1S/C23H27N3O4S/c1-3-14-24-23(28)20-8-4-5-9-21(20)25-22(27)18-7-6-15-26(16-18)31(29,30)19-12-10-17(2)11-13-19/h3-5,8-13,18H,1,6-7,14-16H2,2H3,(H,24,28)(H,25,27)/t18-/m0/s1. The number of anilines is 1. The number of sulfonamides is 1. The van der Waals surface area contributed by atoms with Crippen LogP contribution in [0.4, 0.5) is 5.69 Å². The van der Waals surface area contributed by atoms with Crippen LogP contribution in [0, 0.1) is 12.8 Å². The molecule has 2 amide bonds. The smallest absolute Gasteiger partial charge is 0.253 e. The minimum Gasteiger partial charge on any atom is -0.349 e. The lowest BCUT2D eigenvalue weighted by Crippen LogP contribution is -2.43. The third-order valence-corrected chi connectivity index (χ3v) is 7.13. The fourth-order valence-electron chi connectivity index (χ4n) is 3.52. The summed E-state index contributed by atoms with van der Waals surface area (Å²) in [5, 5.41) is 5.50. The molecule has 0 saturated carbocycles. The Morgan fingerprint density at radius 1 is 1.16 bits per heavy atom. The van der Waals surface area contributed by atoms with E-state index in [-0.39, 0.29) is 23.3 Å². The number of hydrogen-bond acceptors (Lipinski definition) is 4. The van der Waals surface area contributed by atoms with Gasteiger partial charge in [0.05, 0.1) is 22.1 Å². The Morgan fingerprint density at radius 3 is 2.58 bits per heavy atom. The van der Waals surface area contributed by atoms with Gasteiger partial charge in [-0.3, -0.25) is 9.59 Å². The molecule has 1 aliphatic heterocycles. The highest BCUT2D eigenvalue weighted by atomic mass is 32.2. The second-order valence-corrected chi connectivity index (χ2v) is 9.49. The van der Waals surface area contributed by atoms with Crippen molar-refractivity contribution in [2.45, 2.75) is 24.7 Å². The Morgan fingerprint density at radius 2 is 1.87 bits per heavy atom. The van der Waals surface area contributed by atoms with Crippen LogP contribution in [0.15, 0.2) is 66.1 Å². The number of aryl methyl sites for hydroxylation is 1. The van der Waals surface area contributed by atoms with Gasteiger partial charge in [-0.05, 0) is 44.0 Å². The van der Waals surface area contributed by atoms with E-state index in [1.54, 1.807) is 54.6 Å². The zero-order valence-electron chi connectivity index (χ0n) is 17.5. The lowest BCUT2D eigenvalue weighted by atomic mass is 9.98. The lowest BCUT2D eigenvalue weighted by Gasteiger charge is -2.31. The van der Waals surface area contributed by atoms with Gasteiger partial charge in [0.2, 0.25) is 15.9 Å². The van der Waals surface area contributed by atoms with Crippen LogP contribution < -0.4 is 10.6 Å². The zero-order chi connectivity index (χ0) is 22.4. The Hall–Kier alpha value is -2.97. The molecule has 1 atom stereocenters. The summed E-state index contributed by atoms with van der Waals surface area (Å²) >= 11 is 0. The molecule has 3 rings (SSSR count). The molecule has 1 saturated heterocycles. The van der Waals surface area contributed by atoms with Gasteiger partial charge in [0.15, 0.2) is 0 Å². The van der Waals surface area contributed by atoms with E-state index in [4.69, 9.17) is 0 Å². The fraction of sp³-hybridized carbons (Fsp3) is 0.304. The second kappa shape index (κ2) is 9.89. The number of para-hydroxylation sites is 1. The Balaban J connectivity index is 1.73. The highest BCUT2D eigenvalue weighted by Crippen LogP contribution is 2.25. The topological polar surface area (TPSA) is 95.6 Å². The van der Waals surface area contributed by atoms with Gasteiger partial charge < -0.3 is 10.6 Å². The molecule has 164 valence electrons. The van der Waals surface area contributed by atoms with Gasteiger partial charge in [-0.1, -0.05) is 35.9 Å². The number of carbonyl (C=O) groups is 2. The van der Waals surface area contributed by atoms with E-state index in [2.05, 4.69) is 17.2 Å². The number of carbonyl (C=O) groups excluding carboxylic acids is 2. The number of nitrogens with zero attached hydrogens (tertiary/aromatic N) is 1. The predicted molar refractivity (Wildman–Crippen MR) is 120 cm³/mol. The molecule has 7 nitrogen and oxygen atoms in total. The Bertz CT molecular complexity index is 1060. The molecule has 1 aliphatic rings. The van der Waals surface area contributed by atoms with E-state index < -0.39 is 15.9 Å². The number of hydrogen-bond donors (Lipinski definition) is 2. The van der Waals surface area contributed by atoms with Crippen molar-refractivity contribution in [2.24, 2.45) is 5.92 Å². The predicted octanol–water partition coefficient (Wildman–Crippen LogP) is 2.95. The van der Waals surface area contributed by atoms with Crippen molar-refractivity contribution in [2.75, 3.05) is 25.0 Å². The average Bonchev–Trinajstić information content (AvgIpc) is 2.78. The maximum atomic E-state index is 13.0. The van der Waals surface area contributed by atoms with Crippen molar-refractivity contribution in [1.82, 2.24) is 9.62 Å². The molecule has 0 bridgehead atoms. The van der Waals surface area contributed by atoms with E-state index in [9.17, 15) is 18.0 Å². The van der Waals surface area contributed by atoms with Gasteiger partial charge in [-0.25, -0.2) is 8.42 Å².